The number of halogens is 1. The van der Waals surface area contributed by atoms with Crippen LogP contribution in [-0.2, 0) is 4.79 Å². The molecule has 1 atom stereocenters. The Morgan fingerprint density at radius 2 is 2.06 bits per heavy atom. The topological polar surface area (TPSA) is 41.1 Å². The van der Waals surface area contributed by atoms with Crippen molar-refractivity contribution in [1.29, 1.82) is 0 Å². The van der Waals surface area contributed by atoms with Crippen LogP contribution in [-0.4, -0.2) is 18.5 Å². The minimum absolute atomic E-state index is 0.0139. The molecule has 3 nitrogen and oxygen atoms in total. The van der Waals surface area contributed by atoms with E-state index in [1.165, 1.54) is 19.3 Å². The van der Waals surface area contributed by atoms with Crippen LogP contribution in [0.4, 0.5) is 5.69 Å². The van der Waals surface area contributed by atoms with Gasteiger partial charge in [0.05, 0.1) is 6.54 Å². The van der Waals surface area contributed by atoms with E-state index in [4.69, 9.17) is 0 Å². The van der Waals surface area contributed by atoms with Gasteiger partial charge in [-0.1, -0.05) is 28.8 Å². The Morgan fingerprint density at radius 3 is 2.67 bits per heavy atom. The normalized spacial score (nSPS) is 16.3. The van der Waals surface area contributed by atoms with Crippen LogP contribution in [0.1, 0.15) is 26.2 Å². The fourth-order valence-electron chi connectivity index (χ4n) is 1.94. The number of rotatable bonds is 6. The molecule has 0 saturated heterocycles. The van der Waals surface area contributed by atoms with E-state index < -0.39 is 0 Å². The van der Waals surface area contributed by atoms with E-state index in [2.05, 4.69) is 33.5 Å². The van der Waals surface area contributed by atoms with Crippen molar-refractivity contribution in [1.82, 2.24) is 5.32 Å². The van der Waals surface area contributed by atoms with E-state index in [1.54, 1.807) is 0 Å². The first kappa shape index (κ1) is 13.6. The summed E-state index contributed by atoms with van der Waals surface area (Å²) < 4.78 is 1.01. The number of hydrogen-bond donors (Lipinski definition) is 2. The van der Waals surface area contributed by atoms with Crippen molar-refractivity contribution in [3.63, 3.8) is 0 Å². The maximum absolute atomic E-state index is 11.7. The van der Waals surface area contributed by atoms with Crippen LogP contribution in [0.5, 0.6) is 0 Å². The molecule has 1 amide bonds. The predicted molar refractivity (Wildman–Crippen MR) is 77.6 cm³/mol. The van der Waals surface area contributed by atoms with E-state index in [0.717, 1.165) is 16.1 Å². The maximum atomic E-state index is 11.7. The summed E-state index contributed by atoms with van der Waals surface area (Å²) in [5, 5.41) is 6.14. The van der Waals surface area contributed by atoms with Gasteiger partial charge in [0.2, 0.25) is 5.91 Å². The van der Waals surface area contributed by atoms with Crippen LogP contribution in [0, 0.1) is 5.92 Å². The van der Waals surface area contributed by atoms with Gasteiger partial charge in [-0.25, -0.2) is 0 Å². The summed E-state index contributed by atoms with van der Waals surface area (Å²) in [5.74, 6) is 0.905. The van der Waals surface area contributed by atoms with Gasteiger partial charge in [-0.2, -0.15) is 0 Å². The Kier molecular flexibility index (Phi) is 4.78. The van der Waals surface area contributed by atoms with Crippen LogP contribution < -0.4 is 10.6 Å². The first-order chi connectivity index (χ1) is 8.63. The first-order valence-corrected chi connectivity index (χ1v) is 7.21. The van der Waals surface area contributed by atoms with Crippen LogP contribution in [0.15, 0.2) is 28.7 Å². The second-order valence-corrected chi connectivity index (χ2v) is 5.93. The molecule has 0 aliphatic heterocycles. The third-order valence-electron chi connectivity index (χ3n) is 3.12. The molecule has 1 saturated carbocycles. The Morgan fingerprint density at radius 1 is 1.39 bits per heavy atom. The predicted octanol–water partition coefficient (Wildman–Crippen LogP) is 3.17. The summed E-state index contributed by atoms with van der Waals surface area (Å²) >= 11 is 3.37. The number of hydrogen-bond acceptors (Lipinski definition) is 2. The van der Waals surface area contributed by atoms with Crippen LogP contribution in [0.25, 0.3) is 0 Å². The lowest BCUT2D eigenvalue weighted by molar-refractivity contribution is -0.115. The highest BCUT2D eigenvalue weighted by molar-refractivity contribution is 9.10. The third-order valence-corrected chi connectivity index (χ3v) is 3.65. The highest BCUT2D eigenvalue weighted by Gasteiger charge is 2.23. The largest absolute Gasteiger partial charge is 0.325 e. The van der Waals surface area contributed by atoms with Crippen LogP contribution in [0.3, 0.4) is 0 Å². The molecule has 0 heterocycles. The quantitative estimate of drug-likeness (QED) is 0.847. The van der Waals surface area contributed by atoms with E-state index in [-0.39, 0.29) is 5.91 Å². The standard InChI is InChI=1S/C14H19BrN2O/c1-10(8-11-2-3-11)16-9-14(18)17-13-6-4-12(15)5-7-13/h4-7,10-11,16H,2-3,8-9H2,1H3,(H,17,18). The second kappa shape index (κ2) is 6.34. The Hall–Kier alpha value is -0.870. The van der Waals surface area contributed by atoms with Gasteiger partial charge >= 0.3 is 0 Å². The zero-order valence-electron chi connectivity index (χ0n) is 10.6. The molecule has 0 bridgehead atoms. The molecule has 2 rings (SSSR count). The lowest BCUT2D eigenvalue weighted by atomic mass is 10.1. The number of carbonyl (C=O) groups excluding carboxylic acids is 1. The Balaban J connectivity index is 1.69. The lowest BCUT2D eigenvalue weighted by Gasteiger charge is -2.13. The minimum atomic E-state index is 0.0139. The van der Waals surface area contributed by atoms with Crippen molar-refractivity contribution < 1.29 is 4.79 Å². The molecule has 1 aromatic carbocycles. The number of anilines is 1. The molecule has 0 radical (unpaired) electrons. The van der Waals surface area contributed by atoms with Gasteiger partial charge < -0.3 is 10.6 Å². The van der Waals surface area contributed by atoms with Crippen molar-refractivity contribution >= 4 is 27.5 Å². The van der Waals surface area contributed by atoms with E-state index in [1.807, 2.05) is 24.3 Å². The number of amides is 1. The van der Waals surface area contributed by atoms with E-state index in [0.29, 0.717) is 12.6 Å². The van der Waals surface area contributed by atoms with Gasteiger partial charge in [-0.3, -0.25) is 4.79 Å². The highest BCUT2D eigenvalue weighted by Crippen LogP contribution is 2.33. The van der Waals surface area contributed by atoms with Crippen molar-refractivity contribution in [3.05, 3.63) is 28.7 Å². The Bertz CT molecular complexity index is 401. The zero-order chi connectivity index (χ0) is 13.0. The SMILES string of the molecule is CC(CC1CC1)NCC(=O)Nc1ccc(Br)cc1. The van der Waals surface area contributed by atoms with Gasteiger partial charge in [0, 0.05) is 16.2 Å². The van der Waals surface area contributed by atoms with Crippen molar-refractivity contribution in [2.45, 2.75) is 32.2 Å². The van der Waals surface area contributed by atoms with Gasteiger partial charge in [0.15, 0.2) is 0 Å². The van der Waals surface area contributed by atoms with Gasteiger partial charge in [0.25, 0.3) is 0 Å². The van der Waals surface area contributed by atoms with Gasteiger partial charge in [-0.05, 0) is 43.5 Å². The van der Waals surface area contributed by atoms with Crippen LogP contribution in [0.2, 0.25) is 0 Å². The average molecular weight is 311 g/mol. The number of nitrogens with one attached hydrogen (secondary N) is 2. The number of benzene rings is 1. The number of carbonyl (C=O) groups is 1. The van der Waals surface area contributed by atoms with Gasteiger partial charge in [-0.15, -0.1) is 0 Å². The smallest absolute Gasteiger partial charge is 0.238 e. The summed E-state index contributed by atoms with van der Waals surface area (Å²) in [4.78, 5) is 11.7. The molecular weight excluding hydrogens is 292 g/mol. The first-order valence-electron chi connectivity index (χ1n) is 6.42. The molecule has 1 aliphatic rings. The molecule has 98 valence electrons. The summed E-state index contributed by atoms with van der Waals surface area (Å²) in [7, 11) is 0. The van der Waals surface area contributed by atoms with Crippen LogP contribution >= 0.6 is 15.9 Å². The van der Waals surface area contributed by atoms with Crippen molar-refractivity contribution in [2.24, 2.45) is 5.92 Å². The molecule has 1 fully saturated rings. The minimum Gasteiger partial charge on any atom is -0.325 e. The molecule has 0 spiro atoms. The average Bonchev–Trinajstić information content (AvgIpc) is 3.13. The van der Waals surface area contributed by atoms with E-state index in [9.17, 15) is 4.79 Å². The molecule has 1 aromatic rings. The molecule has 2 N–H and O–H groups in total. The molecular formula is C14H19BrN2O. The Labute approximate surface area is 116 Å². The maximum Gasteiger partial charge on any atom is 0.238 e. The monoisotopic (exact) mass is 310 g/mol. The summed E-state index contributed by atoms with van der Waals surface area (Å²) in [6.45, 7) is 2.52. The zero-order valence-corrected chi connectivity index (χ0v) is 12.2. The summed E-state index contributed by atoms with van der Waals surface area (Å²) in [6.07, 6.45) is 3.90. The third kappa shape index (κ3) is 4.78. The second-order valence-electron chi connectivity index (χ2n) is 5.02. The molecule has 4 heteroatoms. The van der Waals surface area contributed by atoms with E-state index >= 15 is 0 Å². The van der Waals surface area contributed by atoms with Crippen molar-refractivity contribution in [2.75, 3.05) is 11.9 Å². The fraction of sp³-hybridized carbons (Fsp3) is 0.500. The molecule has 1 unspecified atom stereocenters. The molecule has 0 aromatic heterocycles. The molecule has 18 heavy (non-hydrogen) atoms. The fourth-order valence-corrected chi connectivity index (χ4v) is 2.21. The van der Waals surface area contributed by atoms with Gasteiger partial charge in [0.1, 0.15) is 0 Å². The highest BCUT2D eigenvalue weighted by atomic mass is 79.9. The van der Waals surface area contributed by atoms with Crippen molar-refractivity contribution in [3.8, 4) is 0 Å². The molecule has 1 aliphatic carbocycles. The lowest BCUT2D eigenvalue weighted by Crippen LogP contribution is -2.34. The summed E-state index contributed by atoms with van der Waals surface area (Å²) in [6, 6.07) is 8.02. The summed E-state index contributed by atoms with van der Waals surface area (Å²) in [5.41, 5.74) is 0.833.